The SMILES string of the molecule is CNc1cccc(C(N)c2ccc(Cl)s2)c1. The first kappa shape index (κ1) is 11.5. The van der Waals surface area contributed by atoms with Gasteiger partial charge >= 0.3 is 0 Å². The highest BCUT2D eigenvalue weighted by atomic mass is 35.5. The van der Waals surface area contributed by atoms with Gasteiger partial charge in [-0.2, -0.15) is 0 Å². The number of benzene rings is 1. The van der Waals surface area contributed by atoms with Gasteiger partial charge in [0.15, 0.2) is 0 Å². The highest BCUT2D eigenvalue weighted by molar-refractivity contribution is 7.16. The molecule has 1 aromatic carbocycles. The standard InChI is InChI=1S/C12H13ClN2S/c1-15-9-4-2-3-8(7-9)12(14)10-5-6-11(13)16-10/h2-7,12,15H,14H2,1H3. The molecule has 3 N–H and O–H groups in total. The molecule has 0 saturated carbocycles. The minimum atomic E-state index is -0.106. The highest BCUT2D eigenvalue weighted by Gasteiger charge is 2.11. The van der Waals surface area contributed by atoms with Crippen molar-refractivity contribution in [3.63, 3.8) is 0 Å². The summed E-state index contributed by atoms with van der Waals surface area (Å²) >= 11 is 7.43. The zero-order valence-electron chi connectivity index (χ0n) is 8.91. The first-order valence-corrected chi connectivity index (χ1v) is 6.18. The number of nitrogens with two attached hydrogens (primary N) is 1. The molecule has 84 valence electrons. The van der Waals surface area contributed by atoms with Crippen molar-refractivity contribution in [1.29, 1.82) is 0 Å². The Kier molecular flexibility index (Phi) is 3.49. The summed E-state index contributed by atoms with van der Waals surface area (Å²) in [6.45, 7) is 0. The van der Waals surface area contributed by atoms with Crippen molar-refractivity contribution in [1.82, 2.24) is 0 Å². The van der Waals surface area contributed by atoms with E-state index < -0.39 is 0 Å². The van der Waals surface area contributed by atoms with Crippen LogP contribution in [0.3, 0.4) is 0 Å². The maximum atomic E-state index is 6.18. The fourth-order valence-corrected chi connectivity index (χ4v) is 2.64. The van der Waals surface area contributed by atoms with Gasteiger partial charge < -0.3 is 11.1 Å². The molecular weight excluding hydrogens is 240 g/mol. The van der Waals surface area contributed by atoms with Gasteiger partial charge in [-0.25, -0.2) is 0 Å². The van der Waals surface area contributed by atoms with E-state index in [-0.39, 0.29) is 6.04 Å². The molecule has 16 heavy (non-hydrogen) atoms. The molecule has 0 aliphatic carbocycles. The number of hydrogen-bond donors (Lipinski definition) is 2. The van der Waals surface area contributed by atoms with E-state index in [1.165, 1.54) is 11.3 Å². The smallest absolute Gasteiger partial charge is 0.0931 e. The molecule has 1 unspecified atom stereocenters. The predicted octanol–water partition coefficient (Wildman–Crippen LogP) is 3.49. The second-order valence-electron chi connectivity index (χ2n) is 3.50. The molecule has 1 atom stereocenters. The van der Waals surface area contributed by atoms with Crippen LogP contribution in [-0.2, 0) is 0 Å². The van der Waals surface area contributed by atoms with Crippen LogP contribution in [-0.4, -0.2) is 7.05 Å². The van der Waals surface area contributed by atoms with Gasteiger partial charge in [-0.3, -0.25) is 0 Å². The van der Waals surface area contributed by atoms with Gasteiger partial charge in [-0.15, -0.1) is 11.3 Å². The Morgan fingerprint density at radius 3 is 2.75 bits per heavy atom. The molecule has 2 rings (SSSR count). The van der Waals surface area contributed by atoms with E-state index >= 15 is 0 Å². The Hall–Kier alpha value is -1.03. The summed E-state index contributed by atoms with van der Waals surface area (Å²) in [7, 11) is 1.90. The number of halogens is 1. The molecule has 0 fully saturated rings. The minimum Gasteiger partial charge on any atom is -0.388 e. The molecule has 0 aliphatic heterocycles. The van der Waals surface area contributed by atoms with Crippen molar-refractivity contribution < 1.29 is 0 Å². The molecule has 0 radical (unpaired) electrons. The van der Waals surface area contributed by atoms with Crippen LogP contribution in [0.25, 0.3) is 0 Å². The number of rotatable bonds is 3. The molecule has 0 saturated heterocycles. The van der Waals surface area contributed by atoms with E-state index in [0.29, 0.717) is 0 Å². The molecule has 0 aliphatic rings. The summed E-state index contributed by atoms with van der Waals surface area (Å²) in [5.74, 6) is 0. The van der Waals surface area contributed by atoms with Crippen LogP contribution in [0.4, 0.5) is 5.69 Å². The van der Waals surface area contributed by atoms with Crippen LogP contribution in [0, 0.1) is 0 Å². The summed E-state index contributed by atoms with van der Waals surface area (Å²) in [4.78, 5) is 1.08. The van der Waals surface area contributed by atoms with Gasteiger partial charge in [-0.05, 0) is 29.8 Å². The number of thiophene rings is 1. The molecule has 0 amide bonds. The Balaban J connectivity index is 2.29. The van der Waals surface area contributed by atoms with Gasteiger partial charge in [0.05, 0.1) is 10.4 Å². The third-order valence-electron chi connectivity index (χ3n) is 2.43. The Morgan fingerprint density at radius 2 is 2.12 bits per heavy atom. The molecular formula is C12H13ClN2S. The largest absolute Gasteiger partial charge is 0.388 e. The predicted molar refractivity (Wildman–Crippen MR) is 71.3 cm³/mol. The number of hydrogen-bond acceptors (Lipinski definition) is 3. The van der Waals surface area contributed by atoms with Gasteiger partial charge in [0.2, 0.25) is 0 Å². The fourth-order valence-electron chi connectivity index (χ4n) is 1.55. The van der Waals surface area contributed by atoms with Gasteiger partial charge in [-0.1, -0.05) is 23.7 Å². The minimum absolute atomic E-state index is 0.106. The van der Waals surface area contributed by atoms with Crippen LogP contribution >= 0.6 is 22.9 Å². The molecule has 1 aromatic heterocycles. The third kappa shape index (κ3) is 2.38. The van der Waals surface area contributed by atoms with Gasteiger partial charge in [0, 0.05) is 17.6 Å². The van der Waals surface area contributed by atoms with Crippen molar-refractivity contribution in [2.24, 2.45) is 5.73 Å². The van der Waals surface area contributed by atoms with E-state index in [4.69, 9.17) is 17.3 Å². The lowest BCUT2D eigenvalue weighted by molar-refractivity contribution is 0.894. The molecule has 4 heteroatoms. The Morgan fingerprint density at radius 1 is 1.31 bits per heavy atom. The number of nitrogens with one attached hydrogen (secondary N) is 1. The van der Waals surface area contributed by atoms with E-state index in [2.05, 4.69) is 11.4 Å². The average Bonchev–Trinajstić information content (AvgIpc) is 2.75. The summed E-state index contributed by atoms with van der Waals surface area (Å²) in [5, 5.41) is 3.10. The zero-order chi connectivity index (χ0) is 11.5. The van der Waals surface area contributed by atoms with Crippen LogP contribution in [0.15, 0.2) is 36.4 Å². The lowest BCUT2D eigenvalue weighted by Crippen LogP contribution is -2.10. The molecule has 1 heterocycles. The molecule has 2 nitrogen and oxygen atoms in total. The van der Waals surface area contributed by atoms with Crippen molar-refractivity contribution in [2.75, 3.05) is 12.4 Å². The fraction of sp³-hybridized carbons (Fsp3) is 0.167. The van der Waals surface area contributed by atoms with Crippen molar-refractivity contribution in [2.45, 2.75) is 6.04 Å². The molecule has 0 spiro atoms. The van der Waals surface area contributed by atoms with Crippen LogP contribution in [0.2, 0.25) is 4.34 Å². The quantitative estimate of drug-likeness (QED) is 0.878. The number of anilines is 1. The van der Waals surface area contributed by atoms with Gasteiger partial charge in [0.1, 0.15) is 0 Å². The van der Waals surface area contributed by atoms with Gasteiger partial charge in [0.25, 0.3) is 0 Å². The second-order valence-corrected chi connectivity index (χ2v) is 5.24. The van der Waals surface area contributed by atoms with E-state index in [9.17, 15) is 0 Å². The van der Waals surface area contributed by atoms with E-state index in [1.54, 1.807) is 0 Å². The summed E-state index contributed by atoms with van der Waals surface area (Å²) in [6, 6.07) is 11.8. The topological polar surface area (TPSA) is 38.0 Å². The van der Waals surface area contributed by atoms with Crippen molar-refractivity contribution in [3.05, 3.63) is 51.2 Å². The molecule has 0 bridgehead atoms. The van der Waals surface area contributed by atoms with Crippen LogP contribution < -0.4 is 11.1 Å². The maximum absolute atomic E-state index is 6.18. The summed E-state index contributed by atoms with van der Waals surface area (Å²) in [5.41, 5.74) is 8.33. The van der Waals surface area contributed by atoms with Crippen molar-refractivity contribution in [3.8, 4) is 0 Å². The second kappa shape index (κ2) is 4.87. The Labute approximate surface area is 104 Å². The first-order valence-electron chi connectivity index (χ1n) is 4.99. The summed E-state index contributed by atoms with van der Waals surface area (Å²) in [6.07, 6.45) is 0. The average molecular weight is 253 g/mol. The third-order valence-corrected chi connectivity index (χ3v) is 3.75. The monoisotopic (exact) mass is 252 g/mol. The zero-order valence-corrected chi connectivity index (χ0v) is 10.5. The van der Waals surface area contributed by atoms with E-state index in [1.807, 2.05) is 37.4 Å². The van der Waals surface area contributed by atoms with E-state index in [0.717, 1.165) is 20.5 Å². The van der Waals surface area contributed by atoms with Crippen LogP contribution in [0.1, 0.15) is 16.5 Å². The maximum Gasteiger partial charge on any atom is 0.0931 e. The normalized spacial score (nSPS) is 12.4. The van der Waals surface area contributed by atoms with Crippen LogP contribution in [0.5, 0.6) is 0 Å². The van der Waals surface area contributed by atoms with Crippen molar-refractivity contribution >= 4 is 28.6 Å². The Bertz CT molecular complexity index is 481. The lowest BCUT2D eigenvalue weighted by Gasteiger charge is -2.11. The first-order chi connectivity index (χ1) is 7.70. The highest BCUT2D eigenvalue weighted by Crippen LogP contribution is 2.30. The lowest BCUT2D eigenvalue weighted by atomic mass is 10.1. The molecule has 2 aromatic rings. The summed E-state index contributed by atoms with van der Waals surface area (Å²) < 4.78 is 0.773.